The van der Waals surface area contributed by atoms with E-state index < -0.39 is 10.0 Å². The van der Waals surface area contributed by atoms with Crippen LogP contribution in [0.3, 0.4) is 0 Å². The monoisotopic (exact) mass is 330 g/mol. The number of rotatable bonds is 9. The third-order valence-electron chi connectivity index (χ3n) is 3.43. The zero-order valence-electron chi connectivity index (χ0n) is 13.1. The van der Waals surface area contributed by atoms with Gasteiger partial charge in [-0.15, -0.1) is 11.3 Å². The highest BCUT2D eigenvalue weighted by atomic mass is 32.2. The van der Waals surface area contributed by atoms with Crippen LogP contribution in [0.25, 0.3) is 0 Å². The van der Waals surface area contributed by atoms with E-state index in [9.17, 15) is 8.42 Å². The van der Waals surface area contributed by atoms with Gasteiger partial charge in [0.2, 0.25) is 0 Å². The topological polar surface area (TPSA) is 49.4 Å². The molecule has 1 heterocycles. The van der Waals surface area contributed by atoms with Gasteiger partial charge in [-0.2, -0.15) is 4.31 Å². The summed E-state index contributed by atoms with van der Waals surface area (Å²) in [6.07, 6.45) is 3.09. The van der Waals surface area contributed by atoms with Crippen molar-refractivity contribution in [3.63, 3.8) is 0 Å². The van der Waals surface area contributed by atoms with Gasteiger partial charge in [0.15, 0.2) is 0 Å². The van der Waals surface area contributed by atoms with E-state index in [0.717, 1.165) is 37.2 Å². The lowest BCUT2D eigenvalue weighted by atomic mass is 10.2. The first-order valence-electron chi connectivity index (χ1n) is 7.76. The van der Waals surface area contributed by atoms with E-state index in [1.807, 2.05) is 6.07 Å². The third kappa shape index (κ3) is 4.52. The van der Waals surface area contributed by atoms with Crippen LogP contribution in [0, 0.1) is 5.92 Å². The fourth-order valence-electron chi connectivity index (χ4n) is 2.26. The van der Waals surface area contributed by atoms with E-state index in [0.29, 0.717) is 16.7 Å². The van der Waals surface area contributed by atoms with Crippen LogP contribution in [0.2, 0.25) is 0 Å². The second-order valence-electron chi connectivity index (χ2n) is 6.10. The molecule has 0 aliphatic heterocycles. The molecule has 1 fully saturated rings. The van der Waals surface area contributed by atoms with Gasteiger partial charge in [-0.25, -0.2) is 8.42 Å². The fraction of sp³-hybridized carbons (Fsp3) is 0.733. The second-order valence-corrected chi connectivity index (χ2v) is 9.38. The summed E-state index contributed by atoms with van der Waals surface area (Å²) >= 11 is 1.40. The van der Waals surface area contributed by atoms with Gasteiger partial charge in [-0.1, -0.05) is 20.8 Å². The normalized spacial score (nSPS) is 16.0. The Hall–Kier alpha value is -0.430. The Morgan fingerprint density at radius 3 is 2.67 bits per heavy atom. The van der Waals surface area contributed by atoms with Crippen molar-refractivity contribution in [1.82, 2.24) is 9.62 Å². The van der Waals surface area contributed by atoms with Crippen LogP contribution < -0.4 is 5.32 Å². The Morgan fingerprint density at radius 2 is 2.10 bits per heavy atom. The molecule has 0 saturated heterocycles. The largest absolute Gasteiger partial charge is 0.312 e. The number of nitrogens with one attached hydrogen (secondary N) is 1. The molecule has 0 atom stereocenters. The minimum Gasteiger partial charge on any atom is -0.312 e. The highest BCUT2D eigenvalue weighted by Crippen LogP contribution is 2.34. The predicted octanol–water partition coefficient (Wildman–Crippen LogP) is 3.06. The van der Waals surface area contributed by atoms with Gasteiger partial charge < -0.3 is 5.32 Å². The minimum atomic E-state index is -3.32. The van der Waals surface area contributed by atoms with Crippen LogP contribution in [0.5, 0.6) is 0 Å². The van der Waals surface area contributed by atoms with E-state index in [-0.39, 0.29) is 6.04 Å². The summed E-state index contributed by atoms with van der Waals surface area (Å²) in [7, 11) is -3.32. The molecule has 1 aromatic heterocycles. The standard InChI is InChI=1S/C15H26N2O2S2/c1-4-9-16-10-14-7-8-15(20-14)21(18,19)17(11-12(2)3)13-5-6-13/h7-8,12-13,16H,4-6,9-11H2,1-3H3. The minimum absolute atomic E-state index is 0.223. The Bertz CT molecular complexity index is 548. The molecule has 0 amide bonds. The highest BCUT2D eigenvalue weighted by molar-refractivity contribution is 7.91. The average molecular weight is 331 g/mol. The van der Waals surface area contributed by atoms with Crippen molar-refractivity contribution in [1.29, 1.82) is 0 Å². The van der Waals surface area contributed by atoms with Crippen LogP contribution >= 0.6 is 11.3 Å². The number of sulfonamides is 1. The molecular formula is C15H26N2O2S2. The van der Waals surface area contributed by atoms with Crippen molar-refractivity contribution in [3.8, 4) is 0 Å². The molecule has 1 aliphatic carbocycles. The molecule has 2 rings (SSSR count). The van der Waals surface area contributed by atoms with Gasteiger partial charge in [0.1, 0.15) is 4.21 Å². The molecule has 0 radical (unpaired) electrons. The Balaban J connectivity index is 2.10. The lowest BCUT2D eigenvalue weighted by Crippen LogP contribution is -2.35. The molecule has 21 heavy (non-hydrogen) atoms. The number of thiophene rings is 1. The van der Waals surface area contributed by atoms with Gasteiger partial charge in [0.25, 0.3) is 10.0 Å². The van der Waals surface area contributed by atoms with E-state index in [4.69, 9.17) is 0 Å². The zero-order valence-corrected chi connectivity index (χ0v) is 14.8. The van der Waals surface area contributed by atoms with Gasteiger partial charge in [0.05, 0.1) is 0 Å². The molecule has 6 heteroatoms. The highest BCUT2D eigenvalue weighted by Gasteiger charge is 2.38. The van der Waals surface area contributed by atoms with Crippen molar-refractivity contribution < 1.29 is 8.42 Å². The van der Waals surface area contributed by atoms with Crippen LogP contribution in [0.15, 0.2) is 16.3 Å². The third-order valence-corrected chi connectivity index (χ3v) is 6.90. The van der Waals surface area contributed by atoms with Crippen molar-refractivity contribution in [2.75, 3.05) is 13.1 Å². The lowest BCUT2D eigenvalue weighted by Gasteiger charge is -2.22. The molecule has 1 aromatic rings. The summed E-state index contributed by atoms with van der Waals surface area (Å²) in [4.78, 5) is 1.09. The molecular weight excluding hydrogens is 304 g/mol. The number of nitrogens with zero attached hydrogens (tertiary/aromatic N) is 1. The van der Waals surface area contributed by atoms with Crippen molar-refractivity contribution in [3.05, 3.63) is 17.0 Å². The Labute approximate surface area is 132 Å². The SMILES string of the molecule is CCCNCc1ccc(S(=O)(=O)N(CC(C)C)C2CC2)s1. The van der Waals surface area contributed by atoms with Crippen LogP contribution in [0.4, 0.5) is 0 Å². The Morgan fingerprint density at radius 1 is 1.38 bits per heavy atom. The first-order valence-corrected chi connectivity index (χ1v) is 10.0. The van der Waals surface area contributed by atoms with E-state index in [2.05, 4.69) is 26.1 Å². The van der Waals surface area contributed by atoms with E-state index in [1.54, 1.807) is 10.4 Å². The maximum Gasteiger partial charge on any atom is 0.252 e. The Kier molecular flexibility index (Phi) is 5.82. The van der Waals surface area contributed by atoms with Crippen LogP contribution in [-0.2, 0) is 16.6 Å². The van der Waals surface area contributed by atoms with Gasteiger partial charge in [0, 0.05) is 24.0 Å². The predicted molar refractivity (Wildman–Crippen MR) is 88.1 cm³/mol. The summed E-state index contributed by atoms with van der Waals surface area (Å²) in [6.45, 7) is 8.59. The quantitative estimate of drug-likeness (QED) is 0.708. The van der Waals surface area contributed by atoms with Crippen LogP contribution in [0.1, 0.15) is 44.9 Å². The molecule has 0 aromatic carbocycles. The molecule has 0 unspecified atom stereocenters. The molecule has 1 N–H and O–H groups in total. The summed E-state index contributed by atoms with van der Waals surface area (Å²) in [5.74, 6) is 0.353. The molecule has 4 nitrogen and oxygen atoms in total. The summed E-state index contributed by atoms with van der Waals surface area (Å²) in [6, 6.07) is 3.92. The maximum absolute atomic E-state index is 12.8. The van der Waals surface area contributed by atoms with Crippen LogP contribution in [-0.4, -0.2) is 31.9 Å². The van der Waals surface area contributed by atoms with Gasteiger partial charge in [-0.05, 0) is 43.9 Å². The number of hydrogen-bond acceptors (Lipinski definition) is 4. The van der Waals surface area contributed by atoms with Crippen molar-refractivity contribution in [2.45, 2.75) is 56.8 Å². The van der Waals surface area contributed by atoms with Crippen molar-refractivity contribution in [2.24, 2.45) is 5.92 Å². The summed E-state index contributed by atoms with van der Waals surface area (Å²) < 4.78 is 27.8. The average Bonchev–Trinajstić information content (AvgIpc) is 3.14. The summed E-state index contributed by atoms with van der Waals surface area (Å²) in [5.41, 5.74) is 0. The lowest BCUT2D eigenvalue weighted by molar-refractivity contribution is 0.361. The molecule has 1 aliphatic rings. The van der Waals surface area contributed by atoms with Gasteiger partial charge in [-0.3, -0.25) is 0 Å². The molecule has 1 saturated carbocycles. The van der Waals surface area contributed by atoms with Crippen molar-refractivity contribution >= 4 is 21.4 Å². The smallest absolute Gasteiger partial charge is 0.252 e. The number of hydrogen-bond donors (Lipinski definition) is 1. The molecule has 0 spiro atoms. The maximum atomic E-state index is 12.8. The fourth-order valence-corrected chi connectivity index (χ4v) is 5.56. The summed E-state index contributed by atoms with van der Waals surface area (Å²) in [5, 5.41) is 3.31. The second kappa shape index (κ2) is 7.22. The molecule has 120 valence electrons. The zero-order chi connectivity index (χ0) is 15.5. The first kappa shape index (κ1) is 16.9. The van der Waals surface area contributed by atoms with E-state index >= 15 is 0 Å². The first-order chi connectivity index (χ1) is 9.95. The molecule has 0 bridgehead atoms. The van der Waals surface area contributed by atoms with E-state index in [1.165, 1.54) is 11.3 Å². The van der Waals surface area contributed by atoms with Gasteiger partial charge >= 0.3 is 0 Å².